The normalized spacial score (nSPS) is 17.6. The Labute approximate surface area is 155 Å². The molecular formula is C16H27ClN4O3S. The van der Waals surface area contributed by atoms with Crippen LogP contribution in [0.15, 0.2) is 29.2 Å². The zero-order chi connectivity index (χ0) is 17.9. The largest absolute Gasteiger partial charge is 0.368 e. The summed E-state index contributed by atoms with van der Waals surface area (Å²) >= 11 is 0. The molecule has 1 amide bonds. The molecule has 0 spiro atoms. The number of anilines is 1. The topological polar surface area (TPSA) is 110 Å². The van der Waals surface area contributed by atoms with Gasteiger partial charge in [0.15, 0.2) is 0 Å². The molecule has 1 aliphatic rings. The third-order valence-electron chi connectivity index (χ3n) is 4.66. The van der Waals surface area contributed by atoms with Gasteiger partial charge in [-0.05, 0) is 30.2 Å². The van der Waals surface area contributed by atoms with Crippen molar-refractivity contribution in [3.8, 4) is 0 Å². The van der Waals surface area contributed by atoms with Crippen molar-refractivity contribution in [1.82, 2.24) is 4.90 Å². The average Bonchev–Trinajstić information content (AvgIpc) is 2.59. The molecule has 1 fully saturated rings. The van der Waals surface area contributed by atoms with Crippen molar-refractivity contribution in [2.75, 3.05) is 31.1 Å². The van der Waals surface area contributed by atoms with Gasteiger partial charge < -0.3 is 15.5 Å². The van der Waals surface area contributed by atoms with E-state index in [0.29, 0.717) is 26.2 Å². The maximum Gasteiger partial charge on any atom is 0.239 e. The van der Waals surface area contributed by atoms with Crippen molar-refractivity contribution in [2.45, 2.75) is 31.2 Å². The van der Waals surface area contributed by atoms with Gasteiger partial charge in [0.25, 0.3) is 0 Å². The first-order valence-electron chi connectivity index (χ1n) is 8.16. The second-order valence-corrected chi connectivity index (χ2v) is 7.82. The molecule has 2 unspecified atom stereocenters. The Bertz CT molecular complexity index is 673. The molecule has 0 aliphatic carbocycles. The number of sulfonamides is 1. The number of hydrogen-bond donors (Lipinski definition) is 2. The summed E-state index contributed by atoms with van der Waals surface area (Å²) in [6, 6.07) is 6.03. The third kappa shape index (κ3) is 5.31. The number of hydrogen-bond acceptors (Lipinski definition) is 5. The molecule has 7 nitrogen and oxygen atoms in total. The molecule has 1 saturated heterocycles. The van der Waals surface area contributed by atoms with Crippen molar-refractivity contribution in [2.24, 2.45) is 16.8 Å². The summed E-state index contributed by atoms with van der Waals surface area (Å²) in [6.45, 7) is 6.62. The molecule has 25 heavy (non-hydrogen) atoms. The number of carbonyl (C=O) groups is 1. The smallest absolute Gasteiger partial charge is 0.239 e. The fourth-order valence-electron chi connectivity index (χ4n) is 2.74. The van der Waals surface area contributed by atoms with Crippen molar-refractivity contribution in [3.63, 3.8) is 0 Å². The Hall–Kier alpha value is -1.35. The summed E-state index contributed by atoms with van der Waals surface area (Å²) in [5, 5.41) is 5.10. The Balaban J connectivity index is 0.00000312. The molecular weight excluding hydrogens is 364 g/mol. The summed E-state index contributed by atoms with van der Waals surface area (Å²) in [6.07, 6.45) is 0.878. The summed E-state index contributed by atoms with van der Waals surface area (Å²) in [5.74, 6) is 0.176. The minimum atomic E-state index is -3.68. The second kappa shape index (κ2) is 8.84. The average molecular weight is 391 g/mol. The van der Waals surface area contributed by atoms with E-state index in [0.717, 1.165) is 12.1 Å². The van der Waals surface area contributed by atoms with Crippen molar-refractivity contribution < 1.29 is 13.2 Å². The molecule has 1 aromatic rings. The van der Waals surface area contributed by atoms with Gasteiger partial charge in [-0.1, -0.05) is 20.3 Å². The van der Waals surface area contributed by atoms with Crippen LogP contribution >= 0.6 is 12.4 Å². The highest BCUT2D eigenvalue weighted by atomic mass is 35.5. The van der Waals surface area contributed by atoms with Gasteiger partial charge in [-0.25, -0.2) is 13.6 Å². The van der Waals surface area contributed by atoms with Gasteiger partial charge in [-0.2, -0.15) is 0 Å². The van der Waals surface area contributed by atoms with Crippen molar-refractivity contribution in [1.29, 1.82) is 0 Å². The number of rotatable bonds is 5. The van der Waals surface area contributed by atoms with E-state index in [1.54, 1.807) is 12.1 Å². The van der Waals surface area contributed by atoms with Gasteiger partial charge in [0.1, 0.15) is 0 Å². The van der Waals surface area contributed by atoms with Gasteiger partial charge in [0.2, 0.25) is 15.9 Å². The minimum Gasteiger partial charge on any atom is -0.368 e. The van der Waals surface area contributed by atoms with E-state index in [9.17, 15) is 13.2 Å². The van der Waals surface area contributed by atoms with E-state index in [-0.39, 0.29) is 29.1 Å². The van der Waals surface area contributed by atoms with Crippen LogP contribution in [0.2, 0.25) is 0 Å². The summed E-state index contributed by atoms with van der Waals surface area (Å²) < 4.78 is 22.6. The van der Waals surface area contributed by atoms with E-state index in [1.807, 2.05) is 18.7 Å². The Morgan fingerprint density at radius 1 is 1.16 bits per heavy atom. The number of nitrogens with zero attached hydrogens (tertiary/aromatic N) is 2. The Kier molecular flexibility index (Phi) is 7.67. The maximum absolute atomic E-state index is 12.4. The molecule has 0 radical (unpaired) electrons. The highest BCUT2D eigenvalue weighted by Gasteiger charge is 2.27. The highest BCUT2D eigenvalue weighted by Crippen LogP contribution is 2.19. The van der Waals surface area contributed by atoms with E-state index in [1.165, 1.54) is 12.1 Å². The van der Waals surface area contributed by atoms with Crippen LogP contribution in [0.3, 0.4) is 0 Å². The van der Waals surface area contributed by atoms with Crippen LogP contribution in [-0.2, 0) is 14.8 Å². The van der Waals surface area contributed by atoms with Gasteiger partial charge in [-0.3, -0.25) is 4.79 Å². The number of nitrogens with two attached hydrogens (primary N) is 2. The second-order valence-electron chi connectivity index (χ2n) is 6.26. The maximum atomic E-state index is 12.4. The molecule has 1 heterocycles. The van der Waals surface area contributed by atoms with Crippen LogP contribution < -0.4 is 15.8 Å². The van der Waals surface area contributed by atoms with E-state index < -0.39 is 16.1 Å². The number of halogens is 1. The fraction of sp³-hybridized carbons (Fsp3) is 0.562. The summed E-state index contributed by atoms with van der Waals surface area (Å²) in [7, 11) is -3.68. The summed E-state index contributed by atoms with van der Waals surface area (Å²) in [4.78, 5) is 16.4. The van der Waals surface area contributed by atoms with Crippen LogP contribution in [0.25, 0.3) is 0 Å². The lowest BCUT2D eigenvalue weighted by Gasteiger charge is -2.37. The van der Waals surface area contributed by atoms with Crippen LogP contribution in [0.5, 0.6) is 0 Å². The van der Waals surface area contributed by atoms with Crippen LogP contribution in [0, 0.1) is 5.92 Å². The first-order chi connectivity index (χ1) is 11.2. The number of piperazine rings is 1. The molecule has 1 aliphatic heterocycles. The van der Waals surface area contributed by atoms with Gasteiger partial charge in [0.05, 0.1) is 10.9 Å². The minimum absolute atomic E-state index is 0. The Morgan fingerprint density at radius 3 is 2.12 bits per heavy atom. The van der Waals surface area contributed by atoms with Crippen LogP contribution in [0.4, 0.5) is 5.69 Å². The van der Waals surface area contributed by atoms with Crippen LogP contribution in [-0.4, -0.2) is 51.4 Å². The van der Waals surface area contributed by atoms with Crippen molar-refractivity contribution >= 4 is 34.0 Å². The number of amides is 1. The summed E-state index contributed by atoms with van der Waals surface area (Å²) in [5.41, 5.74) is 6.95. The number of benzene rings is 1. The highest BCUT2D eigenvalue weighted by molar-refractivity contribution is 7.89. The molecule has 0 saturated carbocycles. The van der Waals surface area contributed by atoms with Gasteiger partial charge in [-0.15, -0.1) is 12.4 Å². The molecule has 4 N–H and O–H groups in total. The third-order valence-corrected chi connectivity index (χ3v) is 5.59. The Morgan fingerprint density at radius 2 is 1.68 bits per heavy atom. The molecule has 142 valence electrons. The monoisotopic (exact) mass is 390 g/mol. The molecule has 9 heteroatoms. The number of primary sulfonamides is 1. The zero-order valence-corrected chi connectivity index (χ0v) is 16.2. The number of carbonyl (C=O) groups excluding carboxylic acids is 1. The lowest BCUT2D eigenvalue weighted by Crippen LogP contribution is -2.54. The van der Waals surface area contributed by atoms with E-state index in [4.69, 9.17) is 10.9 Å². The molecule has 1 aromatic carbocycles. The predicted molar refractivity (Wildman–Crippen MR) is 101 cm³/mol. The molecule has 0 aromatic heterocycles. The molecule has 2 rings (SSSR count). The first kappa shape index (κ1) is 21.7. The van der Waals surface area contributed by atoms with E-state index in [2.05, 4.69) is 4.90 Å². The SMILES string of the molecule is CCC(C)C(N)C(=O)N1CCN(c2ccc(S(N)(=O)=O)cc2)CC1.Cl. The predicted octanol–water partition coefficient (Wildman–Crippen LogP) is 0.778. The lowest BCUT2D eigenvalue weighted by atomic mass is 9.98. The van der Waals surface area contributed by atoms with Gasteiger partial charge >= 0.3 is 0 Å². The van der Waals surface area contributed by atoms with Gasteiger partial charge in [0, 0.05) is 31.9 Å². The first-order valence-corrected chi connectivity index (χ1v) is 9.71. The molecule has 2 atom stereocenters. The van der Waals surface area contributed by atoms with E-state index >= 15 is 0 Å². The van der Waals surface area contributed by atoms with Crippen LogP contribution in [0.1, 0.15) is 20.3 Å². The standard InChI is InChI=1S/C16H26N4O3S.ClH/c1-3-12(2)15(17)16(21)20-10-8-19(9-11-20)13-4-6-14(7-5-13)24(18,22)23;/h4-7,12,15H,3,8-11,17H2,1-2H3,(H2,18,22,23);1H. The van der Waals surface area contributed by atoms with Crippen molar-refractivity contribution in [3.05, 3.63) is 24.3 Å². The zero-order valence-electron chi connectivity index (χ0n) is 14.6. The quantitative estimate of drug-likeness (QED) is 0.771. The molecule has 0 bridgehead atoms. The fourth-order valence-corrected chi connectivity index (χ4v) is 3.26. The lowest BCUT2D eigenvalue weighted by molar-refractivity contribution is -0.134.